The lowest BCUT2D eigenvalue weighted by molar-refractivity contribution is -0.00000644. The van der Waals surface area contributed by atoms with Gasteiger partial charge in [-0.15, -0.1) is 19.1 Å². The molecule has 11 heteroatoms. The lowest BCUT2D eigenvalue weighted by Gasteiger charge is -2.44. The molecule has 0 bridgehead atoms. The molecule has 1 aromatic rings. The highest BCUT2D eigenvalue weighted by atomic mass is 79.9. The van der Waals surface area contributed by atoms with E-state index in [1.54, 1.807) is 0 Å². The number of H-pyrrole nitrogens is 2. The molecule has 0 radical (unpaired) electrons. The Labute approximate surface area is 179 Å². The molecular formula is C17H37BrN7O2P. The van der Waals surface area contributed by atoms with Crippen molar-refractivity contribution in [2.75, 3.05) is 45.4 Å². The summed E-state index contributed by atoms with van der Waals surface area (Å²) in [4.78, 5) is 26.1. The summed E-state index contributed by atoms with van der Waals surface area (Å²) in [6, 6.07) is 0. The summed E-state index contributed by atoms with van der Waals surface area (Å²) in [7, 11) is 1.83. The number of nitrogens with zero attached hydrogens (tertiary/aromatic N) is 4. The molecule has 0 saturated heterocycles. The van der Waals surface area contributed by atoms with E-state index < -0.39 is 19.1 Å². The molecular weight excluding hydrogens is 445 g/mol. The van der Waals surface area contributed by atoms with Crippen LogP contribution in [0.1, 0.15) is 53.4 Å². The Morgan fingerprint density at radius 1 is 0.893 bits per heavy atom. The van der Waals surface area contributed by atoms with Gasteiger partial charge in [0, 0.05) is 40.3 Å². The fourth-order valence-corrected chi connectivity index (χ4v) is 7.51. The summed E-state index contributed by atoms with van der Waals surface area (Å²) in [5.74, 6) is 0.158. The maximum Gasteiger partial charge on any atom is 0.342 e. The minimum Gasteiger partial charge on any atom is -1.00 e. The van der Waals surface area contributed by atoms with Crippen LogP contribution in [-0.2, 0) is 0 Å². The van der Waals surface area contributed by atoms with E-state index in [0.717, 1.165) is 51.9 Å². The molecule has 0 aliphatic heterocycles. The molecule has 0 aromatic carbocycles. The van der Waals surface area contributed by atoms with Gasteiger partial charge in [0.1, 0.15) is 0 Å². The molecule has 1 heterocycles. The van der Waals surface area contributed by atoms with Crippen LogP contribution in [0.25, 0.3) is 0 Å². The SMILES string of the molecule is CCCN(CCC)[P+](Nc1n[nH]c(=O)[nH]c1=O)(N(C)C)N(CCC)CCC.[Br-]. The molecule has 0 saturated carbocycles. The van der Waals surface area contributed by atoms with E-state index in [-0.39, 0.29) is 22.8 Å². The van der Waals surface area contributed by atoms with E-state index in [1.165, 1.54) is 0 Å². The number of rotatable bonds is 13. The Bertz CT molecular complexity index is 639. The molecule has 164 valence electrons. The zero-order valence-electron chi connectivity index (χ0n) is 18.1. The smallest absolute Gasteiger partial charge is 0.342 e. The van der Waals surface area contributed by atoms with Crippen LogP contribution in [0, 0.1) is 0 Å². The molecule has 3 N–H and O–H groups in total. The van der Waals surface area contributed by atoms with E-state index in [9.17, 15) is 9.59 Å². The van der Waals surface area contributed by atoms with E-state index in [1.807, 2.05) is 0 Å². The van der Waals surface area contributed by atoms with Crippen LogP contribution in [0.2, 0.25) is 0 Å². The van der Waals surface area contributed by atoms with Gasteiger partial charge in [-0.05, 0) is 25.7 Å². The normalized spacial score (nSPS) is 11.9. The first-order valence-corrected chi connectivity index (χ1v) is 11.6. The lowest BCUT2D eigenvalue weighted by Crippen LogP contribution is -3.00. The van der Waals surface area contributed by atoms with E-state index in [2.05, 4.69) is 76.1 Å². The molecule has 0 aliphatic carbocycles. The second kappa shape index (κ2) is 13.4. The standard InChI is InChI=1S/C17H36N7O2P.BrH/c1-7-11-23(12-8-2)27(22(5)6,24(13-9-3)14-10-4)21-15-16(25)18-17(26)20-19-15;/h7-14H2,1-6H3,(H2-,18,19,20,21,25,26);1H. The Balaban J connectivity index is 0.00000729. The summed E-state index contributed by atoms with van der Waals surface area (Å²) in [5.41, 5.74) is -1.09. The molecule has 0 fully saturated rings. The zero-order valence-corrected chi connectivity index (χ0v) is 20.6. The molecule has 9 nitrogen and oxygen atoms in total. The Kier molecular flexibility index (Phi) is 13.0. The van der Waals surface area contributed by atoms with Crippen LogP contribution < -0.4 is 33.3 Å². The van der Waals surface area contributed by atoms with Crippen LogP contribution in [0.15, 0.2) is 9.59 Å². The van der Waals surface area contributed by atoms with Crippen molar-refractivity contribution in [3.63, 3.8) is 0 Å². The van der Waals surface area contributed by atoms with Crippen LogP contribution in [0.3, 0.4) is 0 Å². The fourth-order valence-electron chi connectivity index (χ4n) is 3.31. The van der Waals surface area contributed by atoms with Gasteiger partial charge >= 0.3 is 13.6 Å². The topological polar surface area (TPSA) is 100 Å². The van der Waals surface area contributed by atoms with Gasteiger partial charge in [0.2, 0.25) is 5.82 Å². The second-order valence-electron chi connectivity index (χ2n) is 6.79. The van der Waals surface area contributed by atoms with Crippen LogP contribution in [-0.4, -0.2) is 69.5 Å². The van der Waals surface area contributed by atoms with Crippen molar-refractivity contribution >= 4 is 13.7 Å². The quantitative estimate of drug-likeness (QED) is 0.322. The van der Waals surface area contributed by atoms with Crippen molar-refractivity contribution in [3.05, 3.63) is 20.8 Å². The highest BCUT2D eigenvalue weighted by Gasteiger charge is 2.54. The predicted molar refractivity (Wildman–Crippen MR) is 114 cm³/mol. The number of nitrogens with one attached hydrogen (secondary N) is 3. The first-order valence-electron chi connectivity index (χ1n) is 9.92. The van der Waals surface area contributed by atoms with Crippen molar-refractivity contribution < 1.29 is 17.0 Å². The Morgan fingerprint density at radius 3 is 1.64 bits per heavy atom. The number of aromatic amines is 2. The predicted octanol–water partition coefficient (Wildman–Crippen LogP) is -0.643. The van der Waals surface area contributed by atoms with Crippen molar-refractivity contribution in [1.82, 2.24) is 29.2 Å². The van der Waals surface area contributed by atoms with Crippen molar-refractivity contribution in [2.45, 2.75) is 53.4 Å². The van der Waals surface area contributed by atoms with E-state index in [0.29, 0.717) is 0 Å². The number of halogens is 1. The third-order valence-electron chi connectivity index (χ3n) is 4.24. The number of hydrogen-bond donors (Lipinski definition) is 3. The average molecular weight is 482 g/mol. The van der Waals surface area contributed by atoms with Gasteiger partial charge in [0.05, 0.1) is 0 Å². The first-order chi connectivity index (χ1) is 12.9. The molecule has 0 amide bonds. The molecule has 1 aromatic heterocycles. The highest BCUT2D eigenvalue weighted by molar-refractivity contribution is 7.70. The summed E-state index contributed by atoms with van der Waals surface area (Å²) < 4.78 is 7.13. The van der Waals surface area contributed by atoms with Crippen molar-refractivity contribution in [1.29, 1.82) is 0 Å². The summed E-state index contributed by atoms with van der Waals surface area (Å²) in [6.45, 7) is 12.3. The van der Waals surface area contributed by atoms with Gasteiger partial charge in [-0.25, -0.2) is 9.89 Å². The maximum atomic E-state index is 12.4. The fraction of sp³-hybridized carbons (Fsp3) is 0.824. The van der Waals surface area contributed by atoms with Crippen molar-refractivity contribution in [3.8, 4) is 0 Å². The van der Waals surface area contributed by atoms with Crippen molar-refractivity contribution in [2.24, 2.45) is 0 Å². The molecule has 0 aliphatic rings. The van der Waals surface area contributed by atoms with Crippen LogP contribution >= 0.6 is 7.87 Å². The van der Waals surface area contributed by atoms with Gasteiger partial charge in [0.15, 0.2) is 0 Å². The minimum atomic E-state index is -2.27. The van der Waals surface area contributed by atoms with Crippen LogP contribution in [0.5, 0.6) is 0 Å². The van der Waals surface area contributed by atoms with Crippen LogP contribution in [0.4, 0.5) is 5.82 Å². The van der Waals surface area contributed by atoms with Gasteiger partial charge in [-0.3, -0.25) is 9.78 Å². The number of hydrogen-bond acceptors (Lipinski definition) is 7. The summed E-state index contributed by atoms with van der Waals surface area (Å²) >= 11 is 0. The zero-order chi connectivity index (χ0) is 20.4. The third kappa shape index (κ3) is 6.62. The third-order valence-corrected chi connectivity index (χ3v) is 8.25. The lowest BCUT2D eigenvalue weighted by atomic mass is 10.4. The summed E-state index contributed by atoms with van der Waals surface area (Å²) in [6.07, 6.45) is 4.05. The molecule has 0 spiro atoms. The van der Waals surface area contributed by atoms with E-state index in [4.69, 9.17) is 0 Å². The van der Waals surface area contributed by atoms with Gasteiger partial charge in [-0.2, -0.15) is 5.09 Å². The van der Waals surface area contributed by atoms with E-state index >= 15 is 0 Å². The molecule has 28 heavy (non-hydrogen) atoms. The second-order valence-corrected chi connectivity index (χ2v) is 10.1. The number of anilines is 1. The van der Waals surface area contributed by atoms with Gasteiger partial charge in [-0.1, -0.05) is 27.7 Å². The monoisotopic (exact) mass is 481 g/mol. The largest absolute Gasteiger partial charge is 1.00 e. The average Bonchev–Trinajstić information content (AvgIpc) is 2.61. The Morgan fingerprint density at radius 2 is 1.32 bits per heavy atom. The van der Waals surface area contributed by atoms with Gasteiger partial charge in [0.25, 0.3) is 5.56 Å². The molecule has 0 unspecified atom stereocenters. The van der Waals surface area contributed by atoms with Gasteiger partial charge < -0.3 is 17.0 Å². The highest BCUT2D eigenvalue weighted by Crippen LogP contribution is 2.65. The Hall–Kier alpha value is -0.800. The number of aromatic nitrogens is 3. The summed E-state index contributed by atoms with van der Waals surface area (Å²) in [5, 5.41) is 9.84. The first kappa shape index (κ1) is 27.2. The maximum absolute atomic E-state index is 12.4. The molecule has 0 atom stereocenters. The molecule has 1 rings (SSSR count). The minimum absolute atomic E-state index is 0.